The summed E-state index contributed by atoms with van der Waals surface area (Å²) in [4.78, 5) is 9.96. The van der Waals surface area contributed by atoms with Crippen molar-refractivity contribution >= 4 is 28.7 Å². The Morgan fingerprint density at radius 3 is 2.56 bits per heavy atom. The fourth-order valence-electron chi connectivity index (χ4n) is 1.00. The molecule has 0 saturated heterocycles. The van der Waals surface area contributed by atoms with Crippen LogP contribution in [-0.4, -0.2) is 16.6 Å². The summed E-state index contributed by atoms with van der Waals surface area (Å²) in [6, 6.07) is 6.03. The molecule has 0 aliphatic heterocycles. The van der Waals surface area contributed by atoms with Gasteiger partial charge in [0.1, 0.15) is 0 Å². The topological polar surface area (TPSA) is 79.2 Å². The summed E-state index contributed by atoms with van der Waals surface area (Å²) >= 11 is 4.93. The molecule has 0 aliphatic rings. The first-order valence-electron chi connectivity index (χ1n) is 4.67. The SMILES string of the molecule is CCNC(=S)NNc1ccc([N+](=O)[O-])cc1. The Bertz CT molecular complexity index is 380. The highest BCUT2D eigenvalue weighted by Crippen LogP contribution is 2.14. The van der Waals surface area contributed by atoms with Gasteiger partial charge in [-0.1, -0.05) is 0 Å². The van der Waals surface area contributed by atoms with Crippen LogP contribution in [0.2, 0.25) is 0 Å². The fraction of sp³-hybridized carbons (Fsp3) is 0.222. The number of hydrazine groups is 1. The standard InChI is InChI=1S/C9H12N4O2S/c1-2-10-9(16)12-11-7-3-5-8(6-4-7)13(14)15/h3-6,11H,2H2,1H3,(H2,10,12,16). The molecule has 0 aliphatic carbocycles. The van der Waals surface area contributed by atoms with Crippen LogP contribution in [0.3, 0.4) is 0 Å². The lowest BCUT2D eigenvalue weighted by atomic mass is 10.3. The lowest BCUT2D eigenvalue weighted by molar-refractivity contribution is -0.384. The zero-order chi connectivity index (χ0) is 12.0. The van der Waals surface area contributed by atoms with Crippen LogP contribution in [0.15, 0.2) is 24.3 Å². The van der Waals surface area contributed by atoms with Crippen LogP contribution in [0.25, 0.3) is 0 Å². The van der Waals surface area contributed by atoms with Gasteiger partial charge in [0.15, 0.2) is 5.11 Å². The van der Waals surface area contributed by atoms with Gasteiger partial charge in [-0.05, 0) is 31.3 Å². The summed E-state index contributed by atoms with van der Waals surface area (Å²) in [5, 5.41) is 13.8. The van der Waals surface area contributed by atoms with Gasteiger partial charge >= 0.3 is 0 Å². The van der Waals surface area contributed by atoms with Crippen LogP contribution in [-0.2, 0) is 0 Å². The molecule has 3 N–H and O–H groups in total. The van der Waals surface area contributed by atoms with Crippen LogP contribution >= 0.6 is 12.2 Å². The fourth-order valence-corrected chi connectivity index (χ4v) is 1.20. The average Bonchev–Trinajstić information content (AvgIpc) is 2.27. The number of non-ortho nitro benzene ring substituents is 1. The van der Waals surface area contributed by atoms with Crippen LogP contribution in [0.4, 0.5) is 11.4 Å². The molecule has 0 amide bonds. The number of nitro groups is 1. The molecule has 6 nitrogen and oxygen atoms in total. The van der Waals surface area contributed by atoms with E-state index in [2.05, 4.69) is 16.2 Å². The van der Waals surface area contributed by atoms with Crippen molar-refractivity contribution in [3.05, 3.63) is 34.4 Å². The predicted molar refractivity (Wildman–Crippen MR) is 66.1 cm³/mol. The van der Waals surface area contributed by atoms with E-state index >= 15 is 0 Å². The molecule has 1 aromatic rings. The molecule has 0 unspecified atom stereocenters. The molecule has 1 aromatic carbocycles. The predicted octanol–water partition coefficient (Wildman–Crippen LogP) is 1.41. The van der Waals surface area contributed by atoms with E-state index in [4.69, 9.17) is 12.2 Å². The highest BCUT2D eigenvalue weighted by Gasteiger charge is 2.03. The summed E-state index contributed by atoms with van der Waals surface area (Å²) < 4.78 is 0. The van der Waals surface area contributed by atoms with Gasteiger partial charge in [0.05, 0.1) is 10.6 Å². The normalized spacial score (nSPS) is 9.31. The number of anilines is 1. The van der Waals surface area contributed by atoms with Crippen LogP contribution in [0, 0.1) is 10.1 Å². The minimum absolute atomic E-state index is 0.0554. The zero-order valence-electron chi connectivity index (χ0n) is 8.69. The summed E-state index contributed by atoms with van der Waals surface area (Å²) in [6.07, 6.45) is 0. The van der Waals surface area contributed by atoms with E-state index < -0.39 is 4.92 Å². The monoisotopic (exact) mass is 240 g/mol. The Balaban J connectivity index is 2.49. The first-order valence-corrected chi connectivity index (χ1v) is 5.08. The Hall–Kier alpha value is -1.89. The number of hydrogen-bond donors (Lipinski definition) is 3. The molecule has 0 fully saturated rings. The second-order valence-corrected chi connectivity index (χ2v) is 3.32. The van der Waals surface area contributed by atoms with E-state index in [1.54, 1.807) is 12.1 Å². The van der Waals surface area contributed by atoms with E-state index in [0.717, 1.165) is 6.54 Å². The van der Waals surface area contributed by atoms with Crippen molar-refractivity contribution < 1.29 is 4.92 Å². The quantitative estimate of drug-likeness (QED) is 0.419. The minimum Gasteiger partial charge on any atom is -0.362 e. The molecule has 86 valence electrons. The molecule has 0 aromatic heterocycles. The Labute approximate surface area is 98.2 Å². The maximum Gasteiger partial charge on any atom is 0.269 e. The molecule has 0 atom stereocenters. The molecule has 1 rings (SSSR count). The molecular weight excluding hydrogens is 228 g/mol. The molecule has 0 saturated carbocycles. The van der Waals surface area contributed by atoms with E-state index in [1.165, 1.54) is 12.1 Å². The minimum atomic E-state index is -0.444. The highest BCUT2D eigenvalue weighted by molar-refractivity contribution is 7.80. The van der Waals surface area contributed by atoms with E-state index in [9.17, 15) is 10.1 Å². The van der Waals surface area contributed by atoms with Crippen molar-refractivity contribution in [2.75, 3.05) is 12.0 Å². The Kier molecular flexibility index (Phi) is 4.46. The van der Waals surface area contributed by atoms with Crippen molar-refractivity contribution in [3.63, 3.8) is 0 Å². The van der Waals surface area contributed by atoms with Crippen molar-refractivity contribution in [1.29, 1.82) is 0 Å². The van der Waals surface area contributed by atoms with Gasteiger partial charge in [0, 0.05) is 18.7 Å². The van der Waals surface area contributed by atoms with Gasteiger partial charge in [0.25, 0.3) is 5.69 Å². The van der Waals surface area contributed by atoms with Gasteiger partial charge in [-0.2, -0.15) is 0 Å². The van der Waals surface area contributed by atoms with Crippen LogP contribution in [0.1, 0.15) is 6.92 Å². The van der Waals surface area contributed by atoms with E-state index in [1.807, 2.05) is 6.92 Å². The third-order valence-corrected chi connectivity index (χ3v) is 1.98. The zero-order valence-corrected chi connectivity index (χ0v) is 9.50. The number of hydrogen-bond acceptors (Lipinski definition) is 4. The number of rotatable bonds is 4. The van der Waals surface area contributed by atoms with Crippen LogP contribution < -0.4 is 16.2 Å². The van der Waals surface area contributed by atoms with Crippen molar-refractivity contribution in [1.82, 2.24) is 10.7 Å². The second-order valence-electron chi connectivity index (χ2n) is 2.91. The van der Waals surface area contributed by atoms with Gasteiger partial charge in [-0.15, -0.1) is 0 Å². The third-order valence-electron chi connectivity index (χ3n) is 1.74. The Morgan fingerprint density at radius 1 is 1.44 bits per heavy atom. The van der Waals surface area contributed by atoms with Crippen LogP contribution in [0.5, 0.6) is 0 Å². The number of benzene rings is 1. The lowest BCUT2D eigenvalue weighted by Crippen LogP contribution is -2.38. The maximum atomic E-state index is 10.4. The average molecular weight is 240 g/mol. The maximum absolute atomic E-state index is 10.4. The van der Waals surface area contributed by atoms with Gasteiger partial charge < -0.3 is 5.32 Å². The van der Waals surface area contributed by atoms with Gasteiger partial charge in [-0.3, -0.25) is 21.0 Å². The van der Waals surface area contributed by atoms with Gasteiger partial charge in [0.2, 0.25) is 0 Å². The number of nitrogens with zero attached hydrogens (tertiary/aromatic N) is 1. The molecule has 0 radical (unpaired) electrons. The molecule has 7 heteroatoms. The number of nitrogens with one attached hydrogen (secondary N) is 3. The molecular formula is C9H12N4O2S. The smallest absolute Gasteiger partial charge is 0.269 e. The van der Waals surface area contributed by atoms with Crippen molar-refractivity contribution in [2.24, 2.45) is 0 Å². The third kappa shape index (κ3) is 3.70. The van der Waals surface area contributed by atoms with E-state index in [0.29, 0.717) is 10.8 Å². The largest absolute Gasteiger partial charge is 0.362 e. The number of thiocarbonyl (C=S) groups is 1. The lowest BCUT2D eigenvalue weighted by Gasteiger charge is -2.10. The molecule has 0 heterocycles. The Morgan fingerprint density at radius 2 is 2.06 bits per heavy atom. The first-order chi connectivity index (χ1) is 7.63. The molecule has 16 heavy (non-hydrogen) atoms. The highest BCUT2D eigenvalue weighted by atomic mass is 32.1. The first kappa shape index (κ1) is 12.2. The van der Waals surface area contributed by atoms with Crippen molar-refractivity contribution in [3.8, 4) is 0 Å². The summed E-state index contributed by atoms with van der Waals surface area (Å²) in [5.41, 5.74) is 6.32. The molecule has 0 bridgehead atoms. The van der Waals surface area contributed by atoms with Gasteiger partial charge in [-0.25, -0.2) is 0 Å². The van der Waals surface area contributed by atoms with E-state index in [-0.39, 0.29) is 5.69 Å². The summed E-state index contributed by atoms with van der Waals surface area (Å²) in [6.45, 7) is 2.66. The molecule has 0 spiro atoms. The second kappa shape index (κ2) is 5.86. The number of nitro benzene ring substituents is 1. The summed E-state index contributed by atoms with van der Waals surface area (Å²) in [7, 11) is 0. The van der Waals surface area contributed by atoms with Crippen molar-refractivity contribution in [2.45, 2.75) is 6.92 Å². The summed E-state index contributed by atoms with van der Waals surface area (Å²) in [5.74, 6) is 0.